The summed E-state index contributed by atoms with van der Waals surface area (Å²) in [5.41, 5.74) is 1.18. The number of hydrogen-bond acceptors (Lipinski definition) is 2. The van der Waals surface area contributed by atoms with Crippen molar-refractivity contribution in [2.75, 3.05) is 13.7 Å². The summed E-state index contributed by atoms with van der Waals surface area (Å²) in [4.78, 5) is 0. The zero-order chi connectivity index (χ0) is 10.7. The van der Waals surface area contributed by atoms with Gasteiger partial charge >= 0.3 is 0 Å². The van der Waals surface area contributed by atoms with Crippen LogP contribution in [0.1, 0.15) is 30.9 Å². The van der Waals surface area contributed by atoms with E-state index in [1.165, 1.54) is 18.4 Å². The van der Waals surface area contributed by atoms with Gasteiger partial charge in [0.15, 0.2) is 0 Å². The molecule has 1 aliphatic rings. The van der Waals surface area contributed by atoms with Crippen LogP contribution >= 0.6 is 24.0 Å². The lowest BCUT2D eigenvalue weighted by Crippen LogP contribution is -2.27. The van der Waals surface area contributed by atoms with Crippen molar-refractivity contribution in [2.24, 2.45) is 0 Å². The monoisotopic (exact) mass is 261 g/mol. The van der Waals surface area contributed by atoms with Crippen molar-refractivity contribution < 1.29 is 4.74 Å². The Hall–Kier alpha value is -0.440. The van der Waals surface area contributed by atoms with Crippen LogP contribution < -0.4 is 10.1 Å². The van der Waals surface area contributed by atoms with Crippen LogP contribution in [0.15, 0.2) is 18.2 Å². The van der Waals surface area contributed by atoms with Crippen LogP contribution in [-0.2, 0) is 0 Å². The predicted molar refractivity (Wildman–Crippen MR) is 69.8 cm³/mol. The van der Waals surface area contributed by atoms with Gasteiger partial charge in [0, 0.05) is 16.6 Å². The summed E-state index contributed by atoms with van der Waals surface area (Å²) in [5.74, 6) is 0.929. The molecule has 1 aromatic rings. The van der Waals surface area contributed by atoms with Gasteiger partial charge in [-0.15, -0.1) is 12.4 Å². The molecule has 0 aromatic heterocycles. The number of halogens is 2. The molecule has 0 spiro atoms. The molecule has 2 nitrogen and oxygen atoms in total. The molecule has 1 saturated heterocycles. The number of rotatable bonds is 2. The van der Waals surface area contributed by atoms with Gasteiger partial charge in [-0.1, -0.05) is 18.0 Å². The molecular weight excluding hydrogens is 245 g/mol. The first-order valence-electron chi connectivity index (χ1n) is 5.38. The SMILES string of the molecule is COc1ccc(Cl)cc1[C@H]1CCCCN1.Cl. The lowest BCUT2D eigenvalue weighted by Gasteiger charge is -2.25. The lowest BCUT2D eigenvalue weighted by atomic mass is 9.97. The first-order valence-corrected chi connectivity index (χ1v) is 5.76. The van der Waals surface area contributed by atoms with E-state index in [2.05, 4.69) is 5.32 Å². The van der Waals surface area contributed by atoms with E-state index in [4.69, 9.17) is 16.3 Å². The largest absolute Gasteiger partial charge is 0.496 e. The highest BCUT2D eigenvalue weighted by Gasteiger charge is 2.18. The van der Waals surface area contributed by atoms with E-state index < -0.39 is 0 Å². The molecule has 90 valence electrons. The van der Waals surface area contributed by atoms with Gasteiger partial charge in [0.2, 0.25) is 0 Å². The Balaban J connectivity index is 0.00000128. The molecule has 4 heteroatoms. The number of hydrogen-bond donors (Lipinski definition) is 1. The number of benzene rings is 1. The number of methoxy groups -OCH3 is 1. The molecule has 1 aliphatic heterocycles. The summed E-state index contributed by atoms with van der Waals surface area (Å²) in [6.07, 6.45) is 3.70. The highest BCUT2D eigenvalue weighted by atomic mass is 35.5. The van der Waals surface area contributed by atoms with Gasteiger partial charge in [-0.2, -0.15) is 0 Å². The normalized spacial score (nSPS) is 20.0. The summed E-state index contributed by atoms with van der Waals surface area (Å²) >= 11 is 6.01. The van der Waals surface area contributed by atoms with Crippen molar-refractivity contribution in [3.05, 3.63) is 28.8 Å². The van der Waals surface area contributed by atoms with Crippen molar-refractivity contribution in [2.45, 2.75) is 25.3 Å². The molecule has 0 radical (unpaired) electrons. The van der Waals surface area contributed by atoms with E-state index >= 15 is 0 Å². The molecule has 1 heterocycles. The summed E-state index contributed by atoms with van der Waals surface area (Å²) in [6.45, 7) is 1.08. The van der Waals surface area contributed by atoms with Gasteiger partial charge in [-0.05, 0) is 37.6 Å². The summed E-state index contributed by atoms with van der Waals surface area (Å²) in [7, 11) is 1.70. The van der Waals surface area contributed by atoms with Crippen LogP contribution in [0, 0.1) is 0 Å². The molecule has 16 heavy (non-hydrogen) atoms. The number of ether oxygens (including phenoxy) is 1. The highest BCUT2D eigenvalue weighted by molar-refractivity contribution is 6.30. The van der Waals surface area contributed by atoms with E-state index in [0.29, 0.717) is 6.04 Å². The zero-order valence-corrected chi connectivity index (χ0v) is 10.9. The maximum atomic E-state index is 6.01. The first kappa shape index (κ1) is 13.6. The van der Waals surface area contributed by atoms with Gasteiger partial charge in [0.05, 0.1) is 7.11 Å². The molecular formula is C12H17Cl2NO. The predicted octanol–water partition coefficient (Wildman–Crippen LogP) is 3.59. The first-order chi connectivity index (χ1) is 7.31. The smallest absolute Gasteiger partial charge is 0.123 e. The Morgan fingerprint density at radius 1 is 1.38 bits per heavy atom. The molecule has 0 saturated carbocycles. The molecule has 0 amide bonds. The van der Waals surface area contributed by atoms with Gasteiger partial charge in [0.25, 0.3) is 0 Å². The van der Waals surface area contributed by atoms with Gasteiger partial charge in [0.1, 0.15) is 5.75 Å². The number of piperidine rings is 1. The summed E-state index contributed by atoms with van der Waals surface area (Å²) in [6, 6.07) is 6.21. The van der Waals surface area contributed by atoms with Crippen LogP contribution in [-0.4, -0.2) is 13.7 Å². The maximum Gasteiger partial charge on any atom is 0.123 e. The van der Waals surface area contributed by atoms with Crippen molar-refractivity contribution in [3.63, 3.8) is 0 Å². The minimum absolute atomic E-state index is 0. The summed E-state index contributed by atoms with van der Waals surface area (Å²) in [5, 5.41) is 4.27. The standard InChI is InChI=1S/C12H16ClNO.ClH/c1-15-12-6-5-9(13)8-10(12)11-4-2-3-7-14-11;/h5-6,8,11,14H,2-4,7H2,1H3;1H/t11-;/m1./s1. The minimum Gasteiger partial charge on any atom is -0.496 e. The van der Waals surface area contributed by atoms with Crippen LogP contribution in [0.5, 0.6) is 5.75 Å². The lowest BCUT2D eigenvalue weighted by molar-refractivity contribution is 0.373. The molecule has 1 N–H and O–H groups in total. The summed E-state index contributed by atoms with van der Waals surface area (Å²) < 4.78 is 5.35. The fourth-order valence-electron chi connectivity index (χ4n) is 2.09. The third-order valence-electron chi connectivity index (χ3n) is 2.88. The number of nitrogens with one attached hydrogen (secondary N) is 1. The fourth-order valence-corrected chi connectivity index (χ4v) is 2.28. The molecule has 1 fully saturated rings. The van der Waals surface area contributed by atoms with E-state index in [9.17, 15) is 0 Å². The van der Waals surface area contributed by atoms with Crippen molar-refractivity contribution in [3.8, 4) is 5.75 Å². The second kappa shape index (κ2) is 6.33. The van der Waals surface area contributed by atoms with E-state index in [1.54, 1.807) is 7.11 Å². The Kier molecular flexibility index (Phi) is 5.39. The van der Waals surface area contributed by atoms with Crippen LogP contribution in [0.2, 0.25) is 5.02 Å². The van der Waals surface area contributed by atoms with Crippen LogP contribution in [0.4, 0.5) is 0 Å². The molecule has 2 rings (SSSR count). The zero-order valence-electron chi connectivity index (χ0n) is 9.33. The van der Waals surface area contributed by atoms with Crippen LogP contribution in [0.25, 0.3) is 0 Å². The highest BCUT2D eigenvalue weighted by Crippen LogP contribution is 2.32. The fraction of sp³-hybridized carbons (Fsp3) is 0.500. The van der Waals surface area contributed by atoms with Gasteiger partial charge in [-0.25, -0.2) is 0 Å². The van der Waals surface area contributed by atoms with Crippen molar-refractivity contribution in [1.82, 2.24) is 5.32 Å². The average molecular weight is 262 g/mol. The van der Waals surface area contributed by atoms with Crippen LogP contribution in [0.3, 0.4) is 0 Å². The van der Waals surface area contributed by atoms with E-state index in [-0.39, 0.29) is 12.4 Å². The van der Waals surface area contributed by atoms with Crippen molar-refractivity contribution in [1.29, 1.82) is 0 Å². The Labute approximate surface area is 108 Å². The quantitative estimate of drug-likeness (QED) is 0.879. The van der Waals surface area contributed by atoms with Gasteiger partial charge < -0.3 is 10.1 Å². The van der Waals surface area contributed by atoms with Gasteiger partial charge in [-0.3, -0.25) is 0 Å². The second-order valence-corrected chi connectivity index (χ2v) is 4.33. The molecule has 0 aliphatic carbocycles. The molecule has 1 atom stereocenters. The Morgan fingerprint density at radius 2 is 2.19 bits per heavy atom. The van der Waals surface area contributed by atoms with E-state index in [1.807, 2.05) is 18.2 Å². The Bertz CT molecular complexity index is 338. The van der Waals surface area contributed by atoms with E-state index in [0.717, 1.165) is 23.7 Å². The average Bonchev–Trinajstić information content (AvgIpc) is 2.30. The molecule has 1 aromatic carbocycles. The molecule has 0 bridgehead atoms. The molecule has 0 unspecified atom stereocenters. The topological polar surface area (TPSA) is 21.3 Å². The third kappa shape index (κ3) is 3.03. The maximum absolute atomic E-state index is 6.01. The second-order valence-electron chi connectivity index (χ2n) is 3.89. The Morgan fingerprint density at radius 3 is 2.81 bits per heavy atom. The van der Waals surface area contributed by atoms with Crippen molar-refractivity contribution >= 4 is 24.0 Å². The minimum atomic E-state index is 0. The third-order valence-corrected chi connectivity index (χ3v) is 3.11.